The Labute approximate surface area is 110 Å². The number of carbonyl (C=O) groups excluding carboxylic acids is 1. The van der Waals surface area contributed by atoms with Crippen LogP contribution in [0.25, 0.3) is 0 Å². The SMILES string of the molecule is CC(C)C[C@@H]1COCCN1C(=O)[C@H]1CC[C@H](N)C1. The minimum Gasteiger partial charge on any atom is -0.377 e. The molecule has 1 aliphatic heterocycles. The van der Waals surface area contributed by atoms with Gasteiger partial charge in [0.25, 0.3) is 0 Å². The second kappa shape index (κ2) is 6.02. The number of nitrogens with zero attached hydrogens (tertiary/aromatic N) is 1. The lowest BCUT2D eigenvalue weighted by Gasteiger charge is -2.38. The first-order valence-corrected chi connectivity index (χ1v) is 7.21. The van der Waals surface area contributed by atoms with Crippen molar-refractivity contribution >= 4 is 5.91 Å². The smallest absolute Gasteiger partial charge is 0.226 e. The topological polar surface area (TPSA) is 55.6 Å². The normalized spacial score (nSPS) is 33.1. The largest absolute Gasteiger partial charge is 0.377 e. The summed E-state index contributed by atoms with van der Waals surface area (Å²) in [6.07, 6.45) is 3.86. The molecule has 1 saturated heterocycles. The van der Waals surface area contributed by atoms with E-state index in [2.05, 4.69) is 18.7 Å². The quantitative estimate of drug-likeness (QED) is 0.828. The Hall–Kier alpha value is -0.610. The first kappa shape index (κ1) is 13.8. The molecule has 0 spiro atoms. The number of hydrogen-bond donors (Lipinski definition) is 1. The molecule has 2 rings (SSSR count). The molecule has 2 aliphatic rings. The summed E-state index contributed by atoms with van der Waals surface area (Å²) in [5.74, 6) is 1.07. The molecule has 4 nitrogen and oxygen atoms in total. The molecule has 0 aromatic carbocycles. The fourth-order valence-corrected chi connectivity index (χ4v) is 3.16. The van der Waals surface area contributed by atoms with Crippen molar-refractivity contribution in [2.75, 3.05) is 19.8 Å². The summed E-state index contributed by atoms with van der Waals surface area (Å²) in [5, 5.41) is 0. The van der Waals surface area contributed by atoms with Crippen LogP contribution in [0.3, 0.4) is 0 Å². The average molecular weight is 254 g/mol. The fraction of sp³-hybridized carbons (Fsp3) is 0.929. The Morgan fingerprint density at radius 1 is 1.44 bits per heavy atom. The van der Waals surface area contributed by atoms with Crippen molar-refractivity contribution in [3.05, 3.63) is 0 Å². The van der Waals surface area contributed by atoms with Gasteiger partial charge in [0.2, 0.25) is 5.91 Å². The van der Waals surface area contributed by atoms with Gasteiger partial charge in [0.05, 0.1) is 19.3 Å². The highest BCUT2D eigenvalue weighted by Gasteiger charge is 2.35. The summed E-state index contributed by atoms with van der Waals surface area (Å²) in [5.41, 5.74) is 5.91. The zero-order valence-electron chi connectivity index (χ0n) is 11.6. The number of hydrogen-bond acceptors (Lipinski definition) is 3. The summed E-state index contributed by atoms with van der Waals surface area (Å²) in [6.45, 7) is 6.52. The van der Waals surface area contributed by atoms with Gasteiger partial charge in [-0.05, 0) is 31.6 Å². The lowest BCUT2D eigenvalue weighted by molar-refractivity contribution is -0.144. The monoisotopic (exact) mass is 254 g/mol. The molecule has 0 unspecified atom stereocenters. The third-order valence-corrected chi connectivity index (χ3v) is 4.08. The van der Waals surface area contributed by atoms with Crippen molar-refractivity contribution in [3.8, 4) is 0 Å². The highest BCUT2D eigenvalue weighted by atomic mass is 16.5. The number of nitrogens with two attached hydrogens (primary N) is 1. The molecule has 0 aromatic heterocycles. The predicted octanol–water partition coefficient (Wildman–Crippen LogP) is 1.39. The molecule has 1 aliphatic carbocycles. The molecule has 1 saturated carbocycles. The van der Waals surface area contributed by atoms with Crippen molar-refractivity contribution in [1.82, 2.24) is 4.90 Å². The molecule has 2 fully saturated rings. The van der Waals surface area contributed by atoms with Crippen molar-refractivity contribution < 1.29 is 9.53 Å². The van der Waals surface area contributed by atoms with E-state index in [9.17, 15) is 4.79 Å². The zero-order chi connectivity index (χ0) is 13.1. The fourth-order valence-electron chi connectivity index (χ4n) is 3.16. The van der Waals surface area contributed by atoms with Crippen LogP contribution >= 0.6 is 0 Å². The van der Waals surface area contributed by atoms with Gasteiger partial charge in [0.15, 0.2) is 0 Å². The lowest BCUT2D eigenvalue weighted by atomic mass is 9.99. The maximum atomic E-state index is 12.6. The summed E-state index contributed by atoms with van der Waals surface area (Å²) < 4.78 is 5.53. The highest BCUT2D eigenvalue weighted by molar-refractivity contribution is 5.79. The standard InChI is InChI=1S/C14H26N2O2/c1-10(2)7-13-9-18-6-5-16(13)14(17)11-3-4-12(15)8-11/h10-13H,3-9,15H2,1-2H3/t11-,12-,13+/m0/s1. The van der Waals surface area contributed by atoms with Gasteiger partial charge in [0.1, 0.15) is 0 Å². The second-order valence-electron chi connectivity index (χ2n) is 6.16. The zero-order valence-corrected chi connectivity index (χ0v) is 11.6. The second-order valence-corrected chi connectivity index (χ2v) is 6.16. The molecule has 0 bridgehead atoms. The summed E-state index contributed by atoms with van der Waals surface area (Å²) in [4.78, 5) is 14.6. The molecule has 1 heterocycles. The van der Waals surface area contributed by atoms with Gasteiger partial charge in [-0.2, -0.15) is 0 Å². The van der Waals surface area contributed by atoms with E-state index >= 15 is 0 Å². The van der Waals surface area contributed by atoms with Gasteiger partial charge in [-0.3, -0.25) is 4.79 Å². The van der Waals surface area contributed by atoms with Crippen LogP contribution in [-0.2, 0) is 9.53 Å². The molecule has 2 N–H and O–H groups in total. The number of carbonyl (C=O) groups is 1. The maximum absolute atomic E-state index is 12.6. The van der Waals surface area contributed by atoms with Gasteiger partial charge >= 0.3 is 0 Å². The average Bonchev–Trinajstić information content (AvgIpc) is 2.75. The Kier molecular flexibility index (Phi) is 4.62. The Morgan fingerprint density at radius 3 is 2.83 bits per heavy atom. The van der Waals surface area contributed by atoms with Crippen LogP contribution in [-0.4, -0.2) is 42.6 Å². The van der Waals surface area contributed by atoms with Crippen LogP contribution in [0.1, 0.15) is 39.5 Å². The van der Waals surface area contributed by atoms with Gasteiger partial charge in [-0.25, -0.2) is 0 Å². The minimum absolute atomic E-state index is 0.160. The Morgan fingerprint density at radius 2 is 2.22 bits per heavy atom. The molecule has 18 heavy (non-hydrogen) atoms. The third-order valence-electron chi connectivity index (χ3n) is 4.08. The van der Waals surface area contributed by atoms with E-state index in [1.54, 1.807) is 0 Å². The van der Waals surface area contributed by atoms with E-state index in [0.29, 0.717) is 25.0 Å². The van der Waals surface area contributed by atoms with E-state index in [1.165, 1.54) is 0 Å². The van der Waals surface area contributed by atoms with Crippen molar-refractivity contribution in [1.29, 1.82) is 0 Å². The van der Waals surface area contributed by atoms with Gasteiger partial charge in [0, 0.05) is 18.5 Å². The number of amides is 1. The summed E-state index contributed by atoms with van der Waals surface area (Å²) >= 11 is 0. The van der Waals surface area contributed by atoms with Crippen LogP contribution in [0, 0.1) is 11.8 Å². The number of ether oxygens (including phenoxy) is 1. The van der Waals surface area contributed by atoms with Crippen molar-refractivity contribution in [3.63, 3.8) is 0 Å². The molecule has 1 amide bonds. The molecule has 0 aromatic rings. The Balaban J connectivity index is 1.97. The molecule has 3 atom stereocenters. The first-order chi connectivity index (χ1) is 8.58. The van der Waals surface area contributed by atoms with Crippen LogP contribution in [0.15, 0.2) is 0 Å². The van der Waals surface area contributed by atoms with Crippen molar-refractivity contribution in [2.24, 2.45) is 17.6 Å². The summed E-state index contributed by atoms with van der Waals surface area (Å²) in [6, 6.07) is 0.492. The van der Waals surface area contributed by atoms with Crippen LogP contribution in [0.4, 0.5) is 0 Å². The van der Waals surface area contributed by atoms with Gasteiger partial charge < -0.3 is 15.4 Å². The van der Waals surface area contributed by atoms with Gasteiger partial charge in [-0.1, -0.05) is 13.8 Å². The lowest BCUT2D eigenvalue weighted by Crippen LogP contribution is -2.51. The molecule has 104 valence electrons. The summed E-state index contributed by atoms with van der Waals surface area (Å²) in [7, 11) is 0. The van der Waals surface area contributed by atoms with E-state index < -0.39 is 0 Å². The third kappa shape index (κ3) is 3.23. The first-order valence-electron chi connectivity index (χ1n) is 7.21. The van der Waals surface area contributed by atoms with Crippen LogP contribution < -0.4 is 5.73 Å². The van der Waals surface area contributed by atoms with Crippen molar-refractivity contribution in [2.45, 2.75) is 51.6 Å². The van der Waals surface area contributed by atoms with Crippen LogP contribution in [0.2, 0.25) is 0 Å². The van der Waals surface area contributed by atoms with E-state index in [4.69, 9.17) is 10.5 Å². The molecular weight excluding hydrogens is 228 g/mol. The molecule has 0 radical (unpaired) electrons. The number of morpholine rings is 1. The molecule has 4 heteroatoms. The van der Waals surface area contributed by atoms with Gasteiger partial charge in [-0.15, -0.1) is 0 Å². The Bertz CT molecular complexity index is 294. The highest BCUT2D eigenvalue weighted by Crippen LogP contribution is 2.28. The van der Waals surface area contributed by atoms with E-state index in [1.807, 2.05) is 0 Å². The van der Waals surface area contributed by atoms with Crippen LogP contribution in [0.5, 0.6) is 0 Å². The maximum Gasteiger partial charge on any atom is 0.226 e. The minimum atomic E-state index is 0.160. The van der Waals surface area contributed by atoms with E-state index in [0.717, 1.165) is 32.2 Å². The predicted molar refractivity (Wildman–Crippen MR) is 71.1 cm³/mol. The number of rotatable bonds is 3. The molecular formula is C14H26N2O2. The van der Waals surface area contributed by atoms with E-state index in [-0.39, 0.29) is 18.0 Å².